The van der Waals surface area contributed by atoms with Crippen LogP contribution in [0, 0.1) is 11.8 Å². The van der Waals surface area contributed by atoms with E-state index in [-0.39, 0.29) is 25.0 Å². The van der Waals surface area contributed by atoms with E-state index in [2.05, 4.69) is 0 Å². The summed E-state index contributed by atoms with van der Waals surface area (Å²) in [6, 6.07) is 6.55. The fourth-order valence-corrected chi connectivity index (χ4v) is 3.46. The van der Waals surface area contributed by atoms with Gasteiger partial charge >= 0.3 is 12.1 Å². The number of likely N-dealkylation sites (tertiary alicyclic amines) is 1. The predicted octanol–water partition coefficient (Wildman–Crippen LogP) is 2.31. The smallest absolute Gasteiger partial charge is 0.410 e. The van der Waals surface area contributed by atoms with E-state index in [1.54, 1.807) is 45.0 Å². The molecule has 9 nitrogen and oxygen atoms in total. The minimum absolute atomic E-state index is 0.0612. The number of rotatable bonds is 7. The standard InChI is InChI=1S/C20H29NO8S/c1-20(2,3)29-19(23)21-10-15(16(11-21)13-28-30(5,24)25)12-27-17-8-6-7-14(9-17)18(22)26-4/h6-9,15-16H,10-13H2,1-5H3/t15-,16-/m1/s1. The number of ether oxygens (including phenoxy) is 3. The fourth-order valence-electron chi connectivity index (χ4n) is 3.04. The van der Waals surface area contributed by atoms with Crippen LogP contribution in [0.2, 0.25) is 0 Å². The third-order valence-electron chi connectivity index (χ3n) is 4.44. The normalized spacial score (nSPS) is 19.4. The highest BCUT2D eigenvalue weighted by Gasteiger charge is 2.38. The Labute approximate surface area is 177 Å². The molecule has 1 aliphatic rings. The third-order valence-corrected chi connectivity index (χ3v) is 5.01. The van der Waals surface area contributed by atoms with Gasteiger partial charge in [0.2, 0.25) is 0 Å². The molecule has 1 amide bonds. The molecule has 1 fully saturated rings. The maximum absolute atomic E-state index is 12.4. The minimum atomic E-state index is -3.61. The highest BCUT2D eigenvalue weighted by Crippen LogP contribution is 2.27. The SMILES string of the molecule is COC(=O)c1cccc(OC[C@H]2CN(C(=O)OC(C)(C)C)C[C@@H]2COS(C)(=O)=O)c1. The zero-order valence-electron chi connectivity index (χ0n) is 17.9. The Balaban J connectivity index is 2.07. The van der Waals surface area contributed by atoms with Gasteiger partial charge in [-0.2, -0.15) is 8.42 Å². The van der Waals surface area contributed by atoms with Crippen LogP contribution in [0.3, 0.4) is 0 Å². The average Bonchev–Trinajstić information content (AvgIpc) is 3.06. The number of hydrogen-bond acceptors (Lipinski definition) is 8. The summed E-state index contributed by atoms with van der Waals surface area (Å²) in [4.78, 5) is 25.6. The molecule has 0 aromatic heterocycles. The van der Waals surface area contributed by atoms with Crippen molar-refractivity contribution in [1.82, 2.24) is 4.90 Å². The molecule has 0 saturated carbocycles. The van der Waals surface area contributed by atoms with Crippen molar-refractivity contribution in [3.05, 3.63) is 29.8 Å². The second-order valence-corrected chi connectivity index (χ2v) is 9.87. The van der Waals surface area contributed by atoms with Gasteiger partial charge in [-0.3, -0.25) is 4.18 Å². The maximum Gasteiger partial charge on any atom is 0.410 e. The van der Waals surface area contributed by atoms with Crippen LogP contribution < -0.4 is 4.74 Å². The first kappa shape index (κ1) is 23.9. The summed E-state index contributed by atoms with van der Waals surface area (Å²) >= 11 is 0. The van der Waals surface area contributed by atoms with E-state index in [1.807, 2.05) is 0 Å². The predicted molar refractivity (Wildman–Crippen MR) is 109 cm³/mol. The minimum Gasteiger partial charge on any atom is -0.493 e. The summed E-state index contributed by atoms with van der Waals surface area (Å²) in [6.45, 7) is 6.11. The first-order valence-corrected chi connectivity index (χ1v) is 11.3. The highest BCUT2D eigenvalue weighted by atomic mass is 32.2. The van der Waals surface area contributed by atoms with Gasteiger partial charge in [-0.05, 0) is 39.0 Å². The first-order chi connectivity index (χ1) is 13.9. The molecule has 0 spiro atoms. The van der Waals surface area contributed by atoms with Crippen molar-refractivity contribution in [2.45, 2.75) is 26.4 Å². The van der Waals surface area contributed by atoms with Crippen LogP contribution >= 0.6 is 0 Å². The summed E-state index contributed by atoms with van der Waals surface area (Å²) in [5.74, 6) is -0.440. The second kappa shape index (κ2) is 9.65. The number of hydrogen-bond donors (Lipinski definition) is 0. The molecule has 30 heavy (non-hydrogen) atoms. The largest absolute Gasteiger partial charge is 0.493 e. The van der Waals surface area contributed by atoms with E-state index >= 15 is 0 Å². The lowest BCUT2D eigenvalue weighted by molar-refractivity contribution is 0.0280. The second-order valence-electron chi connectivity index (χ2n) is 8.22. The Morgan fingerprint density at radius 2 is 1.77 bits per heavy atom. The Morgan fingerprint density at radius 3 is 2.33 bits per heavy atom. The number of carbonyl (C=O) groups is 2. The van der Waals surface area contributed by atoms with E-state index in [0.29, 0.717) is 24.4 Å². The molecule has 0 N–H and O–H groups in total. The molecular weight excluding hydrogens is 414 g/mol. The maximum atomic E-state index is 12.4. The van der Waals surface area contributed by atoms with Gasteiger partial charge in [-0.15, -0.1) is 0 Å². The van der Waals surface area contributed by atoms with Crippen LogP contribution in [0.15, 0.2) is 24.3 Å². The zero-order chi connectivity index (χ0) is 22.5. The molecule has 2 rings (SSSR count). The van der Waals surface area contributed by atoms with Gasteiger partial charge in [-0.25, -0.2) is 9.59 Å². The van der Waals surface area contributed by atoms with Gasteiger partial charge in [0.1, 0.15) is 11.4 Å². The molecule has 1 heterocycles. The van der Waals surface area contributed by atoms with Crippen LogP contribution in [-0.2, 0) is 23.8 Å². The summed E-state index contributed by atoms with van der Waals surface area (Å²) in [7, 11) is -2.32. The molecule has 168 valence electrons. The molecule has 0 bridgehead atoms. The van der Waals surface area contributed by atoms with Crippen molar-refractivity contribution in [1.29, 1.82) is 0 Å². The van der Waals surface area contributed by atoms with Crippen LogP contribution in [0.5, 0.6) is 5.75 Å². The number of benzene rings is 1. The molecule has 2 atom stereocenters. The number of carbonyl (C=O) groups excluding carboxylic acids is 2. The monoisotopic (exact) mass is 443 g/mol. The topological polar surface area (TPSA) is 108 Å². The molecule has 0 aliphatic carbocycles. The number of methoxy groups -OCH3 is 1. The van der Waals surface area contributed by atoms with Crippen molar-refractivity contribution < 1.29 is 36.4 Å². The van der Waals surface area contributed by atoms with Crippen molar-refractivity contribution in [2.75, 3.05) is 39.7 Å². The van der Waals surface area contributed by atoms with Crippen LogP contribution in [0.1, 0.15) is 31.1 Å². The number of nitrogens with zero attached hydrogens (tertiary/aromatic N) is 1. The van der Waals surface area contributed by atoms with Crippen molar-refractivity contribution in [3.8, 4) is 5.75 Å². The van der Waals surface area contributed by atoms with E-state index in [4.69, 9.17) is 18.4 Å². The fraction of sp³-hybridized carbons (Fsp3) is 0.600. The third kappa shape index (κ3) is 7.49. The van der Waals surface area contributed by atoms with Gasteiger partial charge in [0, 0.05) is 24.9 Å². The van der Waals surface area contributed by atoms with Gasteiger partial charge in [0.15, 0.2) is 0 Å². The van der Waals surface area contributed by atoms with E-state index in [1.165, 1.54) is 12.0 Å². The number of esters is 1. The quantitative estimate of drug-likeness (QED) is 0.467. The Bertz CT molecular complexity index is 862. The van der Waals surface area contributed by atoms with E-state index < -0.39 is 27.8 Å². The molecule has 10 heteroatoms. The lowest BCUT2D eigenvalue weighted by atomic mass is 9.98. The van der Waals surface area contributed by atoms with Gasteiger partial charge in [0.25, 0.3) is 10.1 Å². The summed E-state index contributed by atoms with van der Waals surface area (Å²) in [5.41, 5.74) is -0.285. The summed E-state index contributed by atoms with van der Waals surface area (Å²) in [6.07, 6.45) is 0.513. The highest BCUT2D eigenvalue weighted by molar-refractivity contribution is 7.85. The van der Waals surface area contributed by atoms with E-state index in [0.717, 1.165) is 6.26 Å². The Kier molecular flexibility index (Phi) is 7.70. The Hall–Kier alpha value is -2.33. The lowest BCUT2D eigenvalue weighted by Crippen LogP contribution is -2.36. The Morgan fingerprint density at radius 1 is 1.13 bits per heavy atom. The van der Waals surface area contributed by atoms with Crippen LogP contribution in [0.4, 0.5) is 4.79 Å². The van der Waals surface area contributed by atoms with Gasteiger partial charge in [-0.1, -0.05) is 6.07 Å². The molecule has 1 aliphatic heterocycles. The molecule has 0 unspecified atom stereocenters. The lowest BCUT2D eigenvalue weighted by Gasteiger charge is -2.24. The zero-order valence-corrected chi connectivity index (χ0v) is 18.7. The molecule has 1 aromatic rings. The van der Waals surface area contributed by atoms with Crippen LogP contribution in [0.25, 0.3) is 0 Å². The van der Waals surface area contributed by atoms with Crippen LogP contribution in [-0.4, -0.2) is 70.7 Å². The van der Waals surface area contributed by atoms with Crippen molar-refractivity contribution in [2.24, 2.45) is 11.8 Å². The number of amides is 1. The molecular formula is C20H29NO8S. The molecule has 1 saturated heterocycles. The first-order valence-electron chi connectivity index (χ1n) is 9.51. The summed E-state index contributed by atoms with van der Waals surface area (Å²) in [5, 5.41) is 0. The molecule has 1 aromatic carbocycles. The van der Waals surface area contributed by atoms with Crippen molar-refractivity contribution in [3.63, 3.8) is 0 Å². The average molecular weight is 444 g/mol. The summed E-state index contributed by atoms with van der Waals surface area (Å²) < 4.78 is 43.7. The van der Waals surface area contributed by atoms with E-state index in [9.17, 15) is 18.0 Å². The van der Waals surface area contributed by atoms with Gasteiger partial charge in [0.05, 0.1) is 32.1 Å². The molecule has 0 radical (unpaired) electrons. The van der Waals surface area contributed by atoms with Crippen molar-refractivity contribution >= 4 is 22.2 Å². The van der Waals surface area contributed by atoms with Gasteiger partial charge < -0.3 is 19.1 Å².